The Bertz CT molecular complexity index is 574. The van der Waals surface area contributed by atoms with Crippen molar-refractivity contribution < 1.29 is 4.39 Å². The van der Waals surface area contributed by atoms with E-state index in [1.54, 1.807) is 0 Å². The second-order valence-electron chi connectivity index (χ2n) is 5.33. The Morgan fingerprint density at radius 2 is 1.95 bits per heavy atom. The van der Waals surface area contributed by atoms with Crippen LogP contribution >= 0.6 is 0 Å². The highest BCUT2D eigenvalue weighted by Gasteiger charge is 2.18. The van der Waals surface area contributed by atoms with E-state index in [1.807, 2.05) is 12.1 Å². The van der Waals surface area contributed by atoms with E-state index >= 15 is 0 Å². The molecule has 98 valence electrons. The summed E-state index contributed by atoms with van der Waals surface area (Å²) in [5, 5.41) is 3.41. The highest BCUT2D eigenvalue weighted by molar-refractivity contribution is 5.51. The lowest BCUT2D eigenvalue weighted by Gasteiger charge is -2.10. The van der Waals surface area contributed by atoms with Crippen LogP contribution in [0.2, 0.25) is 0 Å². The number of benzene rings is 2. The molecule has 1 atom stereocenters. The maximum Gasteiger partial charge on any atom is 0.123 e. The topological polar surface area (TPSA) is 12.0 Å². The van der Waals surface area contributed by atoms with Gasteiger partial charge in [0.25, 0.3) is 0 Å². The minimum Gasteiger partial charge on any atom is -0.381 e. The first-order valence-electron chi connectivity index (χ1n) is 6.83. The number of hydrogen-bond acceptors (Lipinski definition) is 1. The first-order valence-corrected chi connectivity index (χ1v) is 6.83. The van der Waals surface area contributed by atoms with E-state index < -0.39 is 0 Å². The fourth-order valence-electron chi connectivity index (χ4n) is 2.73. The number of anilines is 1. The summed E-state index contributed by atoms with van der Waals surface area (Å²) >= 11 is 0. The van der Waals surface area contributed by atoms with Crippen molar-refractivity contribution >= 4 is 5.69 Å². The van der Waals surface area contributed by atoms with Crippen LogP contribution in [0.5, 0.6) is 0 Å². The largest absolute Gasteiger partial charge is 0.381 e. The molecule has 1 aliphatic rings. The van der Waals surface area contributed by atoms with Gasteiger partial charge in [-0.15, -0.1) is 0 Å². The summed E-state index contributed by atoms with van der Waals surface area (Å²) in [6, 6.07) is 13.3. The molecule has 0 bridgehead atoms. The molecule has 0 saturated heterocycles. The zero-order valence-electron chi connectivity index (χ0n) is 11.1. The summed E-state index contributed by atoms with van der Waals surface area (Å²) in [6.07, 6.45) is 2.46. The maximum atomic E-state index is 12.8. The lowest BCUT2D eigenvalue weighted by molar-refractivity contribution is 0.627. The molecule has 0 aromatic heterocycles. The highest BCUT2D eigenvalue weighted by atomic mass is 19.1. The second-order valence-corrected chi connectivity index (χ2v) is 5.33. The summed E-state index contributed by atoms with van der Waals surface area (Å²) < 4.78 is 12.8. The van der Waals surface area contributed by atoms with Gasteiger partial charge in [-0.3, -0.25) is 0 Å². The van der Waals surface area contributed by atoms with E-state index in [9.17, 15) is 4.39 Å². The van der Waals surface area contributed by atoms with Crippen LogP contribution in [-0.4, -0.2) is 0 Å². The number of nitrogens with one attached hydrogen (secondary N) is 1. The molecule has 2 aromatic carbocycles. The maximum absolute atomic E-state index is 12.8. The third-order valence-corrected chi connectivity index (χ3v) is 3.93. The van der Waals surface area contributed by atoms with Crippen molar-refractivity contribution in [1.82, 2.24) is 0 Å². The number of fused-ring (bicyclic) bond motifs is 1. The molecule has 0 heterocycles. The molecule has 0 fully saturated rings. The summed E-state index contributed by atoms with van der Waals surface area (Å²) in [4.78, 5) is 0. The van der Waals surface area contributed by atoms with Gasteiger partial charge in [0.2, 0.25) is 0 Å². The van der Waals surface area contributed by atoms with Crippen LogP contribution in [0.3, 0.4) is 0 Å². The Morgan fingerprint density at radius 3 is 2.74 bits per heavy atom. The molecule has 3 rings (SSSR count). The van der Waals surface area contributed by atoms with Crippen LogP contribution in [0.25, 0.3) is 0 Å². The quantitative estimate of drug-likeness (QED) is 0.852. The number of rotatable bonds is 3. The molecule has 0 aliphatic heterocycles. The Morgan fingerprint density at radius 1 is 1.16 bits per heavy atom. The lowest BCUT2D eigenvalue weighted by atomic mass is 10.0. The van der Waals surface area contributed by atoms with Crippen molar-refractivity contribution in [1.29, 1.82) is 0 Å². The first kappa shape index (κ1) is 12.2. The molecule has 0 saturated carbocycles. The fourth-order valence-corrected chi connectivity index (χ4v) is 2.73. The van der Waals surface area contributed by atoms with Crippen LogP contribution in [0.15, 0.2) is 42.5 Å². The number of hydrogen-bond donors (Lipinski definition) is 1. The molecule has 1 unspecified atom stereocenters. The van der Waals surface area contributed by atoms with E-state index in [-0.39, 0.29) is 5.82 Å². The van der Waals surface area contributed by atoms with Gasteiger partial charge in [-0.1, -0.05) is 25.1 Å². The number of aryl methyl sites for hydroxylation is 1. The highest BCUT2D eigenvalue weighted by Crippen LogP contribution is 2.34. The van der Waals surface area contributed by atoms with E-state index in [4.69, 9.17) is 0 Å². The molecule has 1 aliphatic carbocycles. The summed E-state index contributed by atoms with van der Waals surface area (Å²) in [6.45, 7) is 3.02. The van der Waals surface area contributed by atoms with Gasteiger partial charge in [0, 0.05) is 12.2 Å². The minimum atomic E-state index is -0.185. The Hall–Kier alpha value is -1.83. The summed E-state index contributed by atoms with van der Waals surface area (Å²) in [5.41, 5.74) is 5.20. The van der Waals surface area contributed by atoms with Gasteiger partial charge < -0.3 is 5.32 Å². The smallest absolute Gasteiger partial charge is 0.123 e. The van der Waals surface area contributed by atoms with Crippen LogP contribution in [0.1, 0.15) is 36.0 Å². The van der Waals surface area contributed by atoms with Crippen LogP contribution < -0.4 is 5.32 Å². The van der Waals surface area contributed by atoms with E-state index in [1.165, 1.54) is 36.1 Å². The van der Waals surface area contributed by atoms with Gasteiger partial charge >= 0.3 is 0 Å². The standard InChI is InChI=1S/C17H18FN/c1-12-2-5-14-6-9-16(10-17(12)14)19-11-13-3-7-15(18)8-4-13/h3-4,6-10,12,19H,2,5,11H2,1H3. The van der Waals surface area contributed by atoms with Crippen LogP contribution in [-0.2, 0) is 13.0 Å². The molecule has 1 nitrogen and oxygen atoms in total. The van der Waals surface area contributed by atoms with Gasteiger partial charge in [0.05, 0.1) is 0 Å². The van der Waals surface area contributed by atoms with Crippen molar-refractivity contribution in [3.8, 4) is 0 Å². The van der Waals surface area contributed by atoms with Gasteiger partial charge in [-0.05, 0) is 59.7 Å². The normalized spacial score (nSPS) is 17.3. The van der Waals surface area contributed by atoms with Crippen LogP contribution in [0, 0.1) is 5.82 Å². The Balaban J connectivity index is 1.70. The van der Waals surface area contributed by atoms with Crippen molar-refractivity contribution in [3.63, 3.8) is 0 Å². The average molecular weight is 255 g/mol. The molecule has 0 spiro atoms. The predicted octanol–water partition coefficient (Wildman–Crippen LogP) is 4.49. The predicted molar refractivity (Wildman–Crippen MR) is 76.9 cm³/mol. The van der Waals surface area contributed by atoms with Crippen LogP contribution in [0.4, 0.5) is 10.1 Å². The molecule has 2 heteroatoms. The van der Waals surface area contributed by atoms with Gasteiger partial charge in [-0.25, -0.2) is 4.39 Å². The van der Waals surface area contributed by atoms with Gasteiger partial charge in [0.15, 0.2) is 0 Å². The average Bonchev–Trinajstić information content (AvgIpc) is 2.80. The van der Waals surface area contributed by atoms with E-state index in [0.29, 0.717) is 5.92 Å². The minimum absolute atomic E-state index is 0.185. The zero-order chi connectivity index (χ0) is 13.2. The molecular formula is C17H18FN. The molecular weight excluding hydrogens is 237 g/mol. The molecule has 19 heavy (non-hydrogen) atoms. The molecule has 1 N–H and O–H groups in total. The second kappa shape index (κ2) is 5.04. The van der Waals surface area contributed by atoms with E-state index in [2.05, 4.69) is 30.4 Å². The number of halogens is 1. The van der Waals surface area contributed by atoms with Crippen molar-refractivity contribution in [2.45, 2.75) is 32.2 Å². The molecule has 2 aromatic rings. The first-order chi connectivity index (χ1) is 9.22. The summed E-state index contributed by atoms with van der Waals surface area (Å²) in [7, 11) is 0. The van der Waals surface area contributed by atoms with E-state index in [0.717, 1.165) is 17.8 Å². The fraction of sp³-hybridized carbons (Fsp3) is 0.294. The third-order valence-electron chi connectivity index (χ3n) is 3.93. The zero-order valence-corrected chi connectivity index (χ0v) is 11.1. The SMILES string of the molecule is CC1CCc2ccc(NCc3ccc(F)cc3)cc21. The van der Waals surface area contributed by atoms with Crippen molar-refractivity contribution in [2.75, 3.05) is 5.32 Å². The van der Waals surface area contributed by atoms with Gasteiger partial charge in [-0.2, -0.15) is 0 Å². The lowest BCUT2D eigenvalue weighted by Crippen LogP contribution is -2.00. The van der Waals surface area contributed by atoms with Crippen molar-refractivity contribution in [2.24, 2.45) is 0 Å². The summed E-state index contributed by atoms with van der Waals surface area (Å²) in [5.74, 6) is 0.484. The third kappa shape index (κ3) is 2.62. The Kier molecular flexibility index (Phi) is 3.24. The van der Waals surface area contributed by atoms with Crippen molar-refractivity contribution in [3.05, 3.63) is 65.0 Å². The van der Waals surface area contributed by atoms with Gasteiger partial charge in [0.1, 0.15) is 5.82 Å². The monoisotopic (exact) mass is 255 g/mol. The molecule has 0 amide bonds. The Labute approximate surface area is 113 Å². The molecule has 0 radical (unpaired) electrons.